The number of hydrogen-bond acceptors (Lipinski definition) is 6. The predicted octanol–water partition coefficient (Wildman–Crippen LogP) is 5.67. The molecule has 1 aliphatic heterocycles. The Kier molecular flexibility index (Phi) is 5.48. The molecule has 0 saturated carbocycles. The second kappa shape index (κ2) is 8.10. The summed E-state index contributed by atoms with van der Waals surface area (Å²) in [6, 6.07) is 13.7. The van der Waals surface area contributed by atoms with Crippen molar-refractivity contribution in [3.05, 3.63) is 69.2 Å². The molecule has 0 aliphatic carbocycles. The maximum atomic E-state index is 12.1. The number of carbonyl (C=O) groups is 1. The Morgan fingerprint density at radius 1 is 1.23 bits per heavy atom. The molecule has 0 aromatic heterocycles. The highest BCUT2D eigenvalue weighted by atomic mass is 35.5. The van der Waals surface area contributed by atoms with Gasteiger partial charge in [-0.25, -0.2) is 4.79 Å². The van der Waals surface area contributed by atoms with Crippen LogP contribution < -0.4 is 4.74 Å². The maximum absolute atomic E-state index is 12.1. The Hall–Kier alpha value is -3.27. The zero-order valence-corrected chi connectivity index (χ0v) is 17.8. The van der Waals surface area contributed by atoms with Crippen molar-refractivity contribution in [2.45, 2.75) is 12.8 Å². The van der Waals surface area contributed by atoms with Crippen LogP contribution in [0.2, 0.25) is 10.0 Å². The molecular weight excluding hydrogens is 439 g/mol. The molecule has 0 bridgehead atoms. The number of aromatic hydroxyl groups is 1. The van der Waals surface area contributed by atoms with Crippen LogP contribution >= 0.6 is 23.2 Å². The molecule has 0 amide bonds. The summed E-state index contributed by atoms with van der Waals surface area (Å²) in [7, 11) is 0. The molecule has 1 heterocycles. The molecule has 4 rings (SSSR count). The van der Waals surface area contributed by atoms with Gasteiger partial charge in [0.05, 0.1) is 22.7 Å². The molecule has 6 nitrogen and oxygen atoms in total. The SMILES string of the molecule is CCOC(=O)c1cc2ccc3c(c2cc1O)OC(=N)C(C#N)C3c1ccc(Cl)c(Cl)c1. The Labute approximate surface area is 188 Å². The van der Waals surface area contributed by atoms with E-state index in [1.807, 2.05) is 0 Å². The van der Waals surface area contributed by atoms with Crippen LogP contribution in [-0.4, -0.2) is 23.6 Å². The highest BCUT2D eigenvalue weighted by Crippen LogP contribution is 2.47. The van der Waals surface area contributed by atoms with Crippen LogP contribution in [-0.2, 0) is 4.74 Å². The number of hydrogen-bond donors (Lipinski definition) is 2. The summed E-state index contributed by atoms with van der Waals surface area (Å²) < 4.78 is 10.7. The Balaban J connectivity index is 1.93. The number of carbonyl (C=O) groups excluding carboxylic acids is 1. The maximum Gasteiger partial charge on any atom is 0.341 e. The first-order chi connectivity index (χ1) is 14.8. The summed E-state index contributed by atoms with van der Waals surface area (Å²) in [5.74, 6) is -2.15. The first-order valence-electron chi connectivity index (χ1n) is 9.43. The first-order valence-corrected chi connectivity index (χ1v) is 10.2. The third kappa shape index (κ3) is 3.56. The van der Waals surface area contributed by atoms with Crippen LogP contribution in [0, 0.1) is 22.7 Å². The lowest BCUT2D eigenvalue weighted by Gasteiger charge is -2.31. The number of halogens is 2. The van der Waals surface area contributed by atoms with Crippen molar-refractivity contribution in [3.8, 4) is 17.6 Å². The minimum absolute atomic E-state index is 0.0381. The highest BCUT2D eigenvalue weighted by molar-refractivity contribution is 6.42. The van der Waals surface area contributed by atoms with Crippen LogP contribution in [0.4, 0.5) is 0 Å². The van der Waals surface area contributed by atoms with Gasteiger partial charge in [-0.05, 0) is 42.1 Å². The van der Waals surface area contributed by atoms with E-state index in [0.29, 0.717) is 37.7 Å². The van der Waals surface area contributed by atoms with Crippen molar-refractivity contribution >= 4 is 45.8 Å². The fraction of sp³-hybridized carbons (Fsp3) is 0.174. The van der Waals surface area contributed by atoms with E-state index in [2.05, 4.69) is 6.07 Å². The van der Waals surface area contributed by atoms with Crippen LogP contribution in [0.15, 0.2) is 42.5 Å². The molecule has 0 saturated heterocycles. The van der Waals surface area contributed by atoms with Crippen molar-refractivity contribution < 1.29 is 19.4 Å². The molecule has 2 N–H and O–H groups in total. The van der Waals surface area contributed by atoms with E-state index >= 15 is 0 Å². The monoisotopic (exact) mass is 454 g/mol. The standard InChI is InChI=1S/C23H16Cl2N2O4/c1-2-30-23(29)15-7-11-3-5-13-20(12-4-6-17(24)18(25)8-12)16(10-26)22(27)31-21(13)14(11)9-19(15)28/h3-9,16,20,27-28H,2H2,1H3. The zero-order valence-electron chi connectivity index (χ0n) is 16.3. The van der Waals surface area contributed by atoms with Crippen molar-refractivity contribution in [3.63, 3.8) is 0 Å². The number of nitrogens with one attached hydrogen (secondary N) is 1. The molecule has 3 aromatic rings. The van der Waals surface area contributed by atoms with E-state index in [4.69, 9.17) is 38.1 Å². The van der Waals surface area contributed by atoms with Gasteiger partial charge in [0.25, 0.3) is 0 Å². The van der Waals surface area contributed by atoms with E-state index < -0.39 is 17.8 Å². The van der Waals surface area contributed by atoms with Crippen LogP contribution in [0.5, 0.6) is 11.5 Å². The Morgan fingerprint density at radius 2 is 2.00 bits per heavy atom. The van der Waals surface area contributed by atoms with E-state index in [0.717, 1.165) is 0 Å². The fourth-order valence-electron chi connectivity index (χ4n) is 3.80. The van der Waals surface area contributed by atoms with Gasteiger partial charge >= 0.3 is 5.97 Å². The topological polar surface area (TPSA) is 103 Å². The van der Waals surface area contributed by atoms with E-state index in [1.54, 1.807) is 37.3 Å². The third-order valence-corrected chi connectivity index (χ3v) is 5.96. The summed E-state index contributed by atoms with van der Waals surface area (Å²) in [5.41, 5.74) is 1.41. The van der Waals surface area contributed by atoms with Gasteiger partial charge in [-0.3, -0.25) is 5.41 Å². The van der Waals surface area contributed by atoms with Crippen molar-refractivity contribution in [1.82, 2.24) is 0 Å². The minimum atomic E-state index is -0.866. The van der Waals surface area contributed by atoms with Crippen molar-refractivity contribution in [1.29, 1.82) is 10.7 Å². The highest BCUT2D eigenvalue weighted by Gasteiger charge is 2.38. The molecule has 2 atom stereocenters. The van der Waals surface area contributed by atoms with Gasteiger partial charge in [-0.2, -0.15) is 5.26 Å². The summed E-state index contributed by atoms with van der Waals surface area (Å²) in [6.45, 7) is 1.86. The third-order valence-electron chi connectivity index (χ3n) is 5.22. The van der Waals surface area contributed by atoms with Gasteiger partial charge in [-0.15, -0.1) is 0 Å². The molecular formula is C23H16Cl2N2O4. The number of benzene rings is 3. The average molecular weight is 455 g/mol. The number of ether oxygens (including phenoxy) is 2. The van der Waals surface area contributed by atoms with Gasteiger partial charge < -0.3 is 14.6 Å². The zero-order chi connectivity index (χ0) is 22.3. The van der Waals surface area contributed by atoms with Gasteiger partial charge in [-0.1, -0.05) is 41.4 Å². The molecule has 156 valence electrons. The van der Waals surface area contributed by atoms with Gasteiger partial charge in [0, 0.05) is 16.9 Å². The number of nitrogens with zero attached hydrogens (tertiary/aromatic N) is 1. The lowest BCUT2D eigenvalue weighted by molar-refractivity contribution is 0.0523. The molecule has 0 radical (unpaired) electrons. The van der Waals surface area contributed by atoms with Crippen LogP contribution in [0.25, 0.3) is 10.8 Å². The molecule has 0 spiro atoms. The molecule has 0 fully saturated rings. The Morgan fingerprint density at radius 3 is 2.68 bits per heavy atom. The largest absolute Gasteiger partial charge is 0.507 e. The molecule has 3 aromatic carbocycles. The molecule has 31 heavy (non-hydrogen) atoms. The lowest BCUT2D eigenvalue weighted by Crippen LogP contribution is -2.31. The van der Waals surface area contributed by atoms with Gasteiger partial charge in [0.1, 0.15) is 23.0 Å². The number of esters is 1. The molecule has 8 heteroatoms. The average Bonchev–Trinajstić information content (AvgIpc) is 2.74. The number of fused-ring (bicyclic) bond motifs is 3. The Bertz CT molecular complexity index is 1280. The number of nitriles is 1. The number of phenols is 1. The van der Waals surface area contributed by atoms with Gasteiger partial charge in [0.2, 0.25) is 5.90 Å². The summed E-state index contributed by atoms with van der Waals surface area (Å²) >= 11 is 12.2. The number of phenolic OH excluding ortho intramolecular Hbond substituents is 1. The normalized spacial score (nSPS) is 17.5. The smallest absolute Gasteiger partial charge is 0.341 e. The summed E-state index contributed by atoms with van der Waals surface area (Å²) in [5, 5.41) is 30.3. The van der Waals surface area contributed by atoms with Crippen molar-refractivity contribution in [2.75, 3.05) is 6.61 Å². The number of rotatable bonds is 3. The lowest BCUT2D eigenvalue weighted by atomic mass is 9.78. The van der Waals surface area contributed by atoms with E-state index in [9.17, 15) is 15.2 Å². The summed E-state index contributed by atoms with van der Waals surface area (Å²) in [4.78, 5) is 12.1. The first kappa shape index (κ1) is 21.0. The molecule has 1 aliphatic rings. The second-order valence-electron chi connectivity index (χ2n) is 7.02. The predicted molar refractivity (Wildman–Crippen MR) is 117 cm³/mol. The minimum Gasteiger partial charge on any atom is -0.507 e. The van der Waals surface area contributed by atoms with Crippen LogP contribution in [0.3, 0.4) is 0 Å². The second-order valence-corrected chi connectivity index (χ2v) is 7.83. The van der Waals surface area contributed by atoms with Crippen molar-refractivity contribution in [2.24, 2.45) is 5.92 Å². The fourth-order valence-corrected chi connectivity index (χ4v) is 4.10. The quantitative estimate of drug-likeness (QED) is 0.496. The van der Waals surface area contributed by atoms with Crippen LogP contribution in [0.1, 0.15) is 34.3 Å². The summed E-state index contributed by atoms with van der Waals surface area (Å²) in [6.07, 6.45) is 0. The molecule has 2 unspecified atom stereocenters. The van der Waals surface area contributed by atoms with Gasteiger partial charge in [0.15, 0.2) is 0 Å². The van der Waals surface area contributed by atoms with E-state index in [1.165, 1.54) is 12.1 Å². The van der Waals surface area contributed by atoms with E-state index in [-0.39, 0.29) is 23.8 Å².